The molecule has 2 aromatic rings. The van der Waals surface area contributed by atoms with E-state index in [9.17, 15) is 0 Å². The van der Waals surface area contributed by atoms with Gasteiger partial charge in [0.2, 0.25) is 5.88 Å². The van der Waals surface area contributed by atoms with Crippen LogP contribution in [0.2, 0.25) is 0 Å². The molecule has 5 heteroatoms. The molecule has 0 atom stereocenters. The number of hydrogen-bond donors (Lipinski definition) is 1. The highest BCUT2D eigenvalue weighted by Gasteiger charge is 2.09. The zero-order valence-corrected chi connectivity index (χ0v) is 13.1. The predicted octanol–water partition coefficient (Wildman–Crippen LogP) is 3.53. The number of hydrogen-bond acceptors (Lipinski definition) is 5. The lowest BCUT2D eigenvalue weighted by atomic mass is 10.2. The molecule has 0 unspecified atom stereocenters. The molecule has 5 nitrogen and oxygen atoms in total. The second-order valence-electron chi connectivity index (χ2n) is 4.74. The van der Waals surface area contributed by atoms with Crippen LogP contribution in [0.25, 0.3) is 0 Å². The third kappa shape index (κ3) is 3.90. The monoisotopic (exact) mass is 286 g/mol. The van der Waals surface area contributed by atoms with Crippen LogP contribution in [-0.4, -0.2) is 21.5 Å². The number of aryl methyl sites for hydroxylation is 3. The van der Waals surface area contributed by atoms with Crippen molar-refractivity contribution in [3.05, 3.63) is 35.4 Å². The van der Waals surface area contributed by atoms with Crippen molar-refractivity contribution in [1.82, 2.24) is 15.0 Å². The van der Waals surface area contributed by atoms with Crippen LogP contribution in [0.15, 0.2) is 18.2 Å². The summed E-state index contributed by atoms with van der Waals surface area (Å²) in [7, 11) is 0. The van der Waals surface area contributed by atoms with Crippen molar-refractivity contribution >= 4 is 5.82 Å². The molecular weight excluding hydrogens is 264 g/mol. The molecule has 0 aliphatic rings. The summed E-state index contributed by atoms with van der Waals surface area (Å²) in [5.74, 6) is 2.86. The first-order chi connectivity index (χ1) is 10.2. The summed E-state index contributed by atoms with van der Waals surface area (Å²) in [6.07, 6.45) is 1.59. The molecule has 0 fully saturated rings. The summed E-state index contributed by atoms with van der Waals surface area (Å²) in [6.45, 7) is 8.92. The smallest absolute Gasteiger partial charge is 0.224 e. The average Bonchev–Trinajstić information content (AvgIpc) is 2.49. The summed E-state index contributed by atoms with van der Waals surface area (Å²) in [6, 6.07) is 5.71. The third-order valence-electron chi connectivity index (χ3n) is 3.04. The highest BCUT2D eigenvalue weighted by Crippen LogP contribution is 2.25. The number of pyridine rings is 1. The predicted molar refractivity (Wildman–Crippen MR) is 84.0 cm³/mol. The minimum atomic E-state index is 0.554. The van der Waals surface area contributed by atoms with E-state index in [1.165, 1.54) is 0 Å². The molecule has 0 radical (unpaired) electrons. The molecule has 2 aromatic heterocycles. The third-order valence-corrected chi connectivity index (χ3v) is 3.04. The normalized spacial score (nSPS) is 10.5. The second kappa shape index (κ2) is 7.02. The van der Waals surface area contributed by atoms with Gasteiger partial charge in [-0.3, -0.25) is 4.98 Å². The lowest BCUT2D eigenvalue weighted by Crippen LogP contribution is -2.05. The van der Waals surface area contributed by atoms with Crippen molar-refractivity contribution < 1.29 is 4.74 Å². The highest BCUT2D eigenvalue weighted by molar-refractivity contribution is 5.41. The maximum Gasteiger partial charge on any atom is 0.224 e. The molecule has 1 N–H and O–H groups in total. The van der Waals surface area contributed by atoms with Gasteiger partial charge >= 0.3 is 0 Å². The Hall–Kier alpha value is -2.17. The van der Waals surface area contributed by atoms with Crippen molar-refractivity contribution in [2.24, 2.45) is 0 Å². The number of nitrogens with zero attached hydrogens (tertiary/aromatic N) is 3. The zero-order valence-electron chi connectivity index (χ0n) is 13.1. The molecule has 0 bridgehead atoms. The number of ether oxygens (including phenoxy) is 1. The van der Waals surface area contributed by atoms with Gasteiger partial charge in [0.05, 0.1) is 5.69 Å². The van der Waals surface area contributed by atoms with Crippen LogP contribution >= 0.6 is 0 Å². The molecule has 0 aromatic carbocycles. The summed E-state index contributed by atoms with van der Waals surface area (Å²) < 4.78 is 5.93. The van der Waals surface area contributed by atoms with E-state index >= 15 is 0 Å². The Balaban J connectivity index is 2.32. The van der Waals surface area contributed by atoms with Crippen molar-refractivity contribution in [2.75, 3.05) is 11.9 Å². The van der Waals surface area contributed by atoms with Crippen molar-refractivity contribution in [1.29, 1.82) is 0 Å². The fourth-order valence-corrected chi connectivity index (χ4v) is 2.01. The molecule has 0 saturated carbocycles. The Labute approximate surface area is 125 Å². The van der Waals surface area contributed by atoms with E-state index in [-0.39, 0.29) is 0 Å². The molecule has 2 heterocycles. The molecule has 21 heavy (non-hydrogen) atoms. The summed E-state index contributed by atoms with van der Waals surface area (Å²) in [5, 5.41) is 3.20. The Morgan fingerprint density at radius 1 is 1.05 bits per heavy atom. The van der Waals surface area contributed by atoms with Crippen molar-refractivity contribution in [3.8, 4) is 11.6 Å². The van der Waals surface area contributed by atoms with E-state index in [2.05, 4.69) is 27.2 Å². The molecule has 2 rings (SSSR count). The van der Waals surface area contributed by atoms with Gasteiger partial charge in [-0.25, -0.2) is 4.98 Å². The van der Waals surface area contributed by atoms with Crippen LogP contribution in [0.4, 0.5) is 5.82 Å². The fraction of sp³-hybridized carbons (Fsp3) is 0.438. The van der Waals surface area contributed by atoms with Gasteiger partial charge in [-0.2, -0.15) is 4.98 Å². The van der Waals surface area contributed by atoms with Crippen molar-refractivity contribution in [2.45, 2.75) is 40.5 Å². The van der Waals surface area contributed by atoms with E-state index < -0.39 is 0 Å². The van der Waals surface area contributed by atoms with Crippen LogP contribution in [-0.2, 0) is 12.8 Å². The zero-order chi connectivity index (χ0) is 15.2. The molecule has 0 amide bonds. The number of anilines is 1. The minimum Gasteiger partial charge on any atom is -0.437 e. The van der Waals surface area contributed by atoms with Gasteiger partial charge in [0, 0.05) is 24.7 Å². The van der Waals surface area contributed by atoms with Crippen LogP contribution < -0.4 is 10.1 Å². The molecule has 112 valence electrons. The lowest BCUT2D eigenvalue weighted by Gasteiger charge is -2.11. The van der Waals surface area contributed by atoms with Crippen LogP contribution in [0.1, 0.15) is 38.0 Å². The molecule has 0 aliphatic heterocycles. The maximum absolute atomic E-state index is 5.93. The first-order valence-electron chi connectivity index (χ1n) is 7.42. The summed E-state index contributed by atoms with van der Waals surface area (Å²) >= 11 is 0. The topological polar surface area (TPSA) is 59.9 Å². The summed E-state index contributed by atoms with van der Waals surface area (Å²) in [4.78, 5) is 13.4. The Morgan fingerprint density at radius 2 is 1.86 bits per heavy atom. The van der Waals surface area contributed by atoms with Crippen LogP contribution in [0.5, 0.6) is 11.6 Å². The number of rotatable bonds is 6. The quantitative estimate of drug-likeness (QED) is 0.880. The van der Waals surface area contributed by atoms with E-state index in [4.69, 9.17) is 4.74 Å². The Morgan fingerprint density at radius 3 is 2.52 bits per heavy atom. The molecule has 0 spiro atoms. The SMILES string of the molecule is CCNc1cc(Oc2ccc(C)nc2CC)nc(CC)n1. The van der Waals surface area contributed by atoms with Crippen LogP contribution in [0.3, 0.4) is 0 Å². The fourth-order valence-electron chi connectivity index (χ4n) is 2.01. The standard InChI is InChI=1S/C16H22N4O/c1-5-12-13(9-8-11(4)18-12)21-16-10-15(17-7-3)19-14(6-2)20-16/h8-10H,5-7H2,1-4H3,(H,17,19,20). The van der Waals surface area contributed by atoms with Crippen LogP contribution in [0, 0.1) is 6.92 Å². The lowest BCUT2D eigenvalue weighted by molar-refractivity contribution is 0.450. The summed E-state index contributed by atoms with van der Waals surface area (Å²) in [5.41, 5.74) is 1.93. The minimum absolute atomic E-state index is 0.554. The van der Waals surface area contributed by atoms with Gasteiger partial charge in [-0.1, -0.05) is 13.8 Å². The van der Waals surface area contributed by atoms with Gasteiger partial charge < -0.3 is 10.1 Å². The Kier molecular flexibility index (Phi) is 5.09. The number of aromatic nitrogens is 3. The van der Waals surface area contributed by atoms with Gasteiger partial charge in [0.25, 0.3) is 0 Å². The largest absolute Gasteiger partial charge is 0.437 e. The van der Waals surface area contributed by atoms with E-state index in [0.29, 0.717) is 5.88 Å². The van der Waals surface area contributed by atoms with Gasteiger partial charge in [-0.05, 0) is 32.4 Å². The van der Waals surface area contributed by atoms with E-state index in [0.717, 1.165) is 48.2 Å². The average molecular weight is 286 g/mol. The Bertz CT molecular complexity index is 613. The maximum atomic E-state index is 5.93. The number of nitrogens with one attached hydrogen (secondary N) is 1. The molecular formula is C16H22N4O. The molecule has 0 saturated heterocycles. The second-order valence-corrected chi connectivity index (χ2v) is 4.74. The van der Waals surface area contributed by atoms with Crippen molar-refractivity contribution in [3.63, 3.8) is 0 Å². The van der Waals surface area contributed by atoms with Gasteiger partial charge in [0.15, 0.2) is 5.75 Å². The van der Waals surface area contributed by atoms with E-state index in [1.54, 1.807) is 0 Å². The first kappa shape index (κ1) is 15.2. The molecule has 0 aliphatic carbocycles. The highest BCUT2D eigenvalue weighted by atomic mass is 16.5. The van der Waals surface area contributed by atoms with Gasteiger partial charge in [0.1, 0.15) is 11.6 Å². The van der Waals surface area contributed by atoms with Gasteiger partial charge in [-0.15, -0.1) is 0 Å². The van der Waals surface area contributed by atoms with E-state index in [1.807, 2.05) is 39.0 Å². The first-order valence-corrected chi connectivity index (χ1v) is 7.42.